The average Bonchev–Trinajstić information content (AvgIpc) is 2.58. The number of aromatic nitrogens is 1. The van der Waals surface area contributed by atoms with Crippen LogP contribution >= 0.6 is 0 Å². The maximum Gasteiger partial charge on any atom is 0.422 e. The van der Waals surface area contributed by atoms with Gasteiger partial charge in [0.05, 0.1) is 6.20 Å². The van der Waals surface area contributed by atoms with Gasteiger partial charge in [0, 0.05) is 38.8 Å². The highest BCUT2D eigenvalue weighted by Crippen LogP contribution is 2.18. The van der Waals surface area contributed by atoms with Crippen molar-refractivity contribution in [1.82, 2.24) is 19.9 Å². The van der Waals surface area contributed by atoms with E-state index in [1.807, 2.05) is 0 Å². The fraction of sp³-hybridized carbons (Fsp3) is 0.643. The normalized spacial score (nSPS) is 16.8. The molecular formula is C14H21F3N4O3S. The first-order chi connectivity index (χ1) is 11.8. The Morgan fingerprint density at radius 1 is 1.28 bits per heavy atom. The first-order valence-electron chi connectivity index (χ1n) is 7.85. The maximum atomic E-state index is 12.1. The molecule has 0 bridgehead atoms. The van der Waals surface area contributed by atoms with Gasteiger partial charge in [-0.25, -0.2) is 18.1 Å². The second kappa shape index (κ2) is 8.79. The molecule has 0 atom stereocenters. The lowest BCUT2D eigenvalue weighted by Crippen LogP contribution is -2.44. The third kappa shape index (κ3) is 7.14. The largest absolute Gasteiger partial charge is 0.468 e. The molecule has 1 aromatic heterocycles. The van der Waals surface area contributed by atoms with Gasteiger partial charge in [-0.3, -0.25) is 0 Å². The van der Waals surface area contributed by atoms with E-state index in [-0.39, 0.29) is 17.3 Å². The Hall–Kier alpha value is -1.43. The molecule has 0 amide bonds. The molecule has 7 nitrogen and oxygen atoms in total. The molecule has 0 radical (unpaired) electrons. The van der Waals surface area contributed by atoms with Gasteiger partial charge < -0.3 is 15.0 Å². The second-order valence-corrected chi connectivity index (χ2v) is 7.35. The van der Waals surface area contributed by atoms with Crippen LogP contribution in [0.5, 0.6) is 5.88 Å². The van der Waals surface area contributed by atoms with Crippen molar-refractivity contribution in [1.29, 1.82) is 0 Å². The summed E-state index contributed by atoms with van der Waals surface area (Å²) in [5.74, 6) is -0.282. The summed E-state index contributed by atoms with van der Waals surface area (Å²) < 4.78 is 67.3. The molecule has 1 aromatic rings. The lowest BCUT2D eigenvalue weighted by atomic mass is 10.3. The van der Waals surface area contributed by atoms with Crippen LogP contribution in [0.2, 0.25) is 0 Å². The third-order valence-corrected chi connectivity index (χ3v) is 5.00. The van der Waals surface area contributed by atoms with Crippen LogP contribution in [-0.2, 0) is 10.0 Å². The Morgan fingerprint density at radius 2 is 2.00 bits per heavy atom. The number of pyridine rings is 1. The third-order valence-electron chi connectivity index (χ3n) is 3.56. The van der Waals surface area contributed by atoms with Gasteiger partial charge in [0.25, 0.3) is 0 Å². The topological polar surface area (TPSA) is 83.6 Å². The van der Waals surface area contributed by atoms with Crippen molar-refractivity contribution in [3.8, 4) is 5.88 Å². The van der Waals surface area contributed by atoms with Gasteiger partial charge >= 0.3 is 6.18 Å². The zero-order valence-electron chi connectivity index (χ0n) is 13.6. The van der Waals surface area contributed by atoms with E-state index in [0.29, 0.717) is 6.42 Å². The summed E-state index contributed by atoms with van der Waals surface area (Å²) in [4.78, 5) is 5.73. The number of ether oxygens (including phenoxy) is 1. The van der Waals surface area contributed by atoms with Crippen molar-refractivity contribution in [3.63, 3.8) is 0 Å². The van der Waals surface area contributed by atoms with Crippen LogP contribution in [0.15, 0.2) is 23.2 Å². The second-order valence-electron chi connectivity index (χ2n) is 5.58. The fourth-order valence-corrected chi connectivity index (χ4v) is 3.31. The summed E-state index contributed by atoms with van der Waals surface area (Å²) in [6.45, 7) is 3.34. The van der Waals surface area contributed by atoms with Crippen LogP contribution in [0.3, 0.4) is 0 Å². The summed E-state index contributed by atoms with van der Waals surface area (Å²) in [7, 11) is -3.74. The van der Waals surface area contributed by atoms with Crippen molar-refractivity contribution in [3.05, 3.63) is 18.3 Å². The first-order valence-corrected chi connectivity index (χ1v) is 9.33. The van der Waals surface area contributed by atoms with E-state index in [2.05, 4.69) is 24.7 Å². The quantitative estimate of drug-likeness (QED) is 0.641. The van der Waals surface area contributed by atoms with Crippen molar-refractivity contribution in [2.45, 2.75) is 17.5 Å². The van der Waals surface area contributed by atoms with Gasteiger partial charge in [-0.15, -0.1) is 0 Å². The molecule has 2 N–H and O–H groups in total. The van der Waals surface area contributed by atoms with Gasteiger partial charge in [0.2, 0.25) is 15.9 Å². The minimum Gasteiger partial charge on any atom is -0.468 e. The highest BCUT2D eigenvalue weighted by Gasteiger charge is 2.28. The Balaban J connectivity index is 1.78. The lowest BCUT2D eigenvalue weighted by molar-refractivity contribution is -0.154. The van der Waals surface area contributed by atoms with Crippen LogP contribution in [0, 0.1) is 0 Å². The molecule has 2 heterocycles. The van der Waals surface area contributed by atoms with Gasteiger partial charge in [0.15, 0.2) is 6.61 Å². The van der Waals surface area contributed by atoms with E-state index in [9.17, 15) is 21.6 Å². The lowest BCUT2D eigenvalue weighted by Gasteiger charge is -2.27. The van der Waals surface area contributed by atoms with Crippen LogP contribution < -0.4 is 14.8 Å². The van der Waals surface area contributed by atoms with E-state index in [1.54, 1.807) is 0 Å². The molecule has 0 aliphatic carbocycles. The van der Waals surface area contributed by atoms with E-state index < -0.39 is 22.8 Å². The zero-order chi connectivity index (χ0) is 18.3. The highest BCUT2D eigenvalue weighted by atomic mass is 32.2. The smallest absolute Gasteiger partial charge is 0.422 e. The molecule has 0 unspecified atom stereocenters. The summed E-state index contributed by atoms with van der Waals surface area (Å²) in [6, 6.07) is 2.26. The van der Waals surface area contributed by atoms with Gasteiger partial charge in [-0.1, -0.05) is 0 Å². The van der Waals surface area contributed by atoms with Gasteiger partial charge in [-0.2, -0.15) is 13.2 Å². The fourth-order valence-electron chi connectivity index (χ4n) is 2.29. The number of alkyl halides is 3. The molecular weight excluding hydrogens is 361 g/mol. The van der Waals surface area contributed by atoms with Crippen molar-refractivity contribution < 1.29 is 26.3 Å². The minimum absolute atomic E-state index is 0.117. The predicted molar refractivity (Wildman–Crippen MR) is 84.9 cm³/mol. The van der Waals surface area contributed by atoms with E-state index >= 15 is 0 Å². The number of sulfonamides is 1. The molecule has 1 aliphatic rings. The standard InChI is InChI=1S/C14H21F3N4O3S/c15-14(16,17)11-24-13-3-2-12(10-19-13)25(22,23)20-4-1-7-21-8-5-18-6-9-21/h2-3,10,18,20H,1,4-9,11H2. The van der Waals surface area contributed by atoms with Crippen molar-refractivity contribution in [2.75, 3.05) is 45.9 Å². The molecule has 1 saturated heterocycles. The zero-order valence-corrected chi connectivity index (χ0v) is 14.4. The van der Waals surface area contributed by atoms with E-state index in [1.165, 1.54) is 0 Å². The van der Waals surface area contributed by atoms with Crippen LogP contribution in [-0.4, -0.2) is 70.4 Å². The Kier molecular flexibility index (Phi) is 6.99. The van der Waals surface area contributed by atoms with Gasteiger partial charge in [0.1, 0.15) is 4.90 Å². The summed E-state index contributed by atoms with van der Waals surface area (Å²) in [5.41, 5.74) is 0. The number of nitrogens with one attached hydrogen (secondary N) is 2. The Morgan fingerprint density at radius 3 is 2.60 bits per heavy atom. The number of hydrogen-bond acceptors (Lipinski definition) is 6. The summed E-state index contributed by atoms with van der Waals surface area (Å²) in [5, 5.41) is 3.24. The molecule has 0 aromatic carbocycles. The minimum atomic E-state index is -4.47. The summed E-state index contributed by atoms with van der Waals surface area (Å²) >= 11 is 0. The SMILES string of the molecule is O=S(=O)(NCCCN1CCNCC1)c1ccc(OCC(F)(F)F)nc1. The van der Waals surface area contributed by atoms with Crippen molar-refractivity contribution >= 4 is 10.0 Å². The van der Waals surface area contributed by atoms with Crippen LogP contribution in [0.4, 0.5) is 13.2 Å². The first kappa shape index (κ1) is 19.9. The van der Waals surface area contributed by atoms with Crippen molar-refractivity contribution in [2.24, 2.45) is 0 Å². The van der Waals surface area contributed by atoms with E-state index in [4.69, 9.17) is 0 Å². The molecule has 0 saturated carbocycles. The maximum absolute atomic E-state index is 12.1. The number of rotatable bonds is 8. The Labute approximate surface area is 144 Å². The molecule has 25 heavy (non-hydrogen) atoms. The number of halogens is 3. The van der Waals surface area contributed by atoms with Crippen LogP contribution in [0.1, 0.15) is 6.42 Å². The number of nitrogens with zero attached hydrogens (tertiary/aromatic N) is 2. The molecule has 2 rings (SSSR count). The molecule has 142 valence electrons. The predicted octanol–water partition coefficient (Wildman–Crippen LogP) is 0.596. The average molecular weight is 382 g/mol. The number of piperazine rings is 1. The number of hydrogen-bond donors (Lipinski definition) is 2. The van der Waals surface area contributed by atoms with Crippen LogP contribution in [0.25, 0.3) is 0 Å². The summed E-state index contributed by atoms with van der Waals surface area (Å²) in [6.07, 6.45) is -2.83. The monoisotopic (exact) mass is 382 g/mol. The Bertz CT molecular complexity index is 632. The van der Waals surface area contributed by atoms with Gasteiger partial charge in [-0.05, 0) is 19.0 Å². The molecule has 1 fully saturated rings. The van der Waals surface area contributed by atoms with E-state index in [0.717, 1.165) is 51.1 Å². The molecule has 11 heteroatoms. The highest BCUT2D eigenvalue weighted by molar-refractivity contribution is 7.89. The molecule has 1 aliphatic heterocycles. The molecule has 0 spiro atoms.